The highest BCUT2D eigenvalue weighted by molar-refractivity contribution is 6.36. The number of benzene rings is 2. The fraction of sp³-hybridized carbons (Fsp3) is 0.200. The summed E-state index contributed by atoms with van der Waals surface area (Å²) in [6.45, 7) is -0.0651. The lowest BCUT2D eigenvalue weighted by Gasteiger charge is -2.29. The van der Waals surface area contributed by atoms with Crippen LogP contribution >= 0.6 is 23.2 Å². The van der Waals surface area contributed by atoms with E-state index in [0.29, 0.717) is 5.02 Å². The van der Waals surface area contributed by atoms with Crippen LogP contribution < -0.4 is 0 Å². The largest absolute Gasteiger partial charge is 0.467 e. The molecule has 6 heteroatoms. The minimum atomic E-state index is -0.877. The number of carbonyl (C=O) groups is 2. The Bertz CT molecular complexity index is 831. The maximum atomic E-state index is 13.0. The molecular weight excluding hydrogens is 373 g/mol. The summed E-state index contributed by atoms with van der Waals surface area (Å²) >= 11 is 12.0. The molecule has 2 aromatic rings. The monoisotopic (exact) mass is 389 g/mol. The van der Waals surface area contributed by atoms with Crippen molar-refractivity contribution < 1.29 is 14.3 Å². The highest BCUT2D eigenvalue weighted by Gasteiger charge is 2.32. The predicted molar refractivity (Wildman–Crippen MR) is 102 cm³/mol. The second kappa shape index (κ2) is 9.28. The van der Waals surface area contributed by atoms with E-state index < -0.39 is 17.9 Å². The van der Waals surface area contributed by atoms with Crippen molar-refractivity contribution in [3.63, 3.8) is 0 Å². The number of terminal acetylenes is 1. The van der Waals surface area contributed by atoms with Crippen LogP contribution in [0.25, 0.3) is 0 Å². The number of methoxy groups -OCH3 is 1. The van der Waals surface area contributed by atoms with Gasteiger partial charge in [0.2, 0.25) is 0 Å². The van der Waals surface area contributed by atoms with Gasteiger partial charge in [0.1, 0.15) is 6.04 Å². The molecule has 0 N–H and O–H groups in total. The molecule has 0 saturated heterocycles. The van der Waals surface area contributed by atoms with Crippen LogP contribution in [-0.4, -0.2) is 36.5 Å². The van der Waals surface area contributed by atoms with Gasteiger partial charge in [0.05, 0.1) is 24.2 Å². The number of hydrogen-bond acceptors (Lipinski definition) is 3. The second-order valence-corrected chi connectivity index (χ2v) is 6.33. The van der Waals surface area contributed by atoms with Crippen molar-refractivity contribution in [1.29, 1.82) is 0 Å². The normalized spacial score (nSPS) is 11.3. The number of amides is 1. The highest BCUT2D eigenvalue weighted by Crippen LogP contribution is 2.24. The van der Waals surface area contributed by atoms with E-state index in [-0.39, 0.29) is 23.6 Å². The van der Waals surface area contributed by atoms with E-state index in [0.717, 1.165) is 5.56 Å². The van der Waals surface area contributed by atoms with Gasteiger partial charge in [0.15, 0.2) is 0 Å². The number of ether oxygens (including phenoxy) is 1. The third-order valence-corrected chi connectivity index (χ3v) is 4.35. The van der Waals surface area contributed by atoms with Gasteiger partial charge in [-0.15, -0.1) is 6.42 Å². The first-order valence-corrected chi connectivity index (χ1v) is 8.54. The zero-order valence-electron chi connectivity index (χ0n) is 14.1. The molecule has 0 radical (unpaired) electrons. The Morgan fingerprint density at radius 1 is 1.19 bits per heavy atom. The molecule has 1 atom stereocenters. The Morgan fingerprint density at radius 3 is 2.46 bits per heavy atom. The highest BCUT2D eigenvalue weighted by atomic mass is 35.5. The third kappa shape index (κ3) is 4.78. The standard InChI is InChI=1S/C20H17Cl2NO3/c1-3-11-23(19(24)16-10-9-15(21)13-17(16)22)18(20(25)26-2)12-14-7-5-4-6-8-14/h1,4-10,13,18H,11-12H2,2H3/t18-/m0/s1. The Labute approximate surface area is 162 Å². The molecule has 26 heavy (non-hydrogen) atoms. The van der Waals surface area contributed by atoms with Crippen molar-refractivity contribution >= 4 is 35.1 Å². The van der Waals surface area contributed by atoms with Crippen LogP contribution in [0.1, 0.15) is 15.9 Å². The molecule has 0 aliphatic rings. The summed E-state index contributed by atoms with van der Waals surface area (Å²) in [7, 11) is 1.27. The van der Waals surface area contributed by atoms with Crippen molar-refractivity contribution in [2.75, 3.05) is 13.7 Å². The van der Waals surface area contributed by atoms with E-state index in [9.17, 15) is 9.59 Å². The Morgan fingerprint density at radius 2 is 1.88 bits per heavy atom. The molecule has 0 saturated carbocycles. The van der Waals surface area contributed by atoms with Crippen LogP contribution in [0.3, 0.4) is 0 Å². The van der Waals surface area contributed by atoms with Gasteiger partial charge in [-0.25, -0.2) is 4.79 Å². The zero-order chi connectivity index (χ0) is 19.1. The maximum Gasteiger partial charge on any atom is 0.328 e. The first-order chi connectivity index (χ1) is 12.5. The number of hydrogen-bond donors (Lipinski definition) is 0. The van der Waals surface area contributed by atoms with Gasteiger partial charge in [-0.1, -0.05) is 59.5 Å². The minimum absolute atomic E-state index is 0.0651. The van der Waals surface area contributed by atoms with Crippen molar-refractivity contribution in [2.24, 2.45) is 0 Å². The Hall–Kier alpha value is -2.48. The summed E-state index contributed by atoms with van der Waals surface area (Å²) in [6.07, 6.45) is 5.70. The Kier molecular flexibility index (Phi) is 7.08. The van der Waals surface area contributed by atoms with E-state index in [1.165, 1.54) is 24.1 Å². The molecule has 0 fully saturated rings. The van der Waals surface area contributed by atoms with Crippen molar-refractivity contribution in [3.05, 3.63) is 69.7 Å². The molecule has 1 amide bonds. The predicted octanol–water partition coefficient (Wildman–Crippen LogP) is 3.85. The Balaban J connectivity index is 2.40. The van der Waals surface area contributed by atoms with E-state index in [2.05, 4.69) is 5.92 Å². The summed E-state index contributed by atoms with van der Waals surface area (Å²) in [5.41, 5.74) is 1.09. The molecule has 2 aromatic carbocycles. The van der Waals surface area contributed by atoms with Gasteiger partial charge in [-0.05, 0) is 23.8 Å². The average Bonchev–Trinajstić information content (AvgIpc) is 2.64. The lowest BCUT2D eigenvalue weighted by atomic mass is 10.0. The molecule has 0 unspecified atom stereocenters. The van der Waals surface area contributed by atoms with Gasteiger partial charge < -0.3 is 9.64 Å². The fourth-order valence-electron chi connectivity index (χ4n) is 2.53. The van der Waals surface area contributed by atoms with Gasteiger partial charge in [-0.3, -0.25) is 4.79 Å². The molecule has 0 aromatic heterocycles. The SMILES string of the molecule is C#CCN(C(=O)c1ccc(Cl)cc1Cl)[C@@H](Cc1ccccc1)C(=O)OC. The molecule has 4 nitrogen and oxygen atoms in total. The molecule has 0 bridgehead atoms. The average molecular weight is 390 g/mol. The molecule has 0 heterocycles. The quantitative estimate of drug-likeness (QED) is 0.556. The summed E-state index contributed by atoms with van der Waals surface area (Å²) < 4.78 is 4.89. The number of carbonyl (C=O) groups excluding carboxylic acids is 2. The number of nitrogens with zero attached hydrogens (tertiary/aromatic N) is 1. The summed E-state index contributed by atoms with van der Waals surface area (Å²) in [4.78, 5) is 26.7. The van der Waals surface area contributed by atoms with Gasteiger partial charge in [0.25, 0.3) is 5.91 Å². The maximum absolute atomic E-state index is 13.0. The lowest BCUT2D eigenvalue weighted by molar-refractivity contribution is -0.145. The van der Waals surface area contributed by atoms with E-state index in [1.54, 1.807) is 6.07 Å². The van der Waals surface area contributed by atoms with Crippen LogP contribution in [-0.2, 0) is 16.0 Å². The van der Waals surface area contributed by atoms with Crippen LogP contribution in [0.2, 0.25) is 10.0 Å². The van der Waals surface area contributed by atoms with E-state index in [1.807, 2.05) is 30.3 Å². The van der Waals surface area contributed by atoms with Gasteiger partial charge in [0, 0.05) is 11.4 Å². The van der Waals surface area contributed by atoms with E-state index >= 15 is 0 Å². The third-order valence-electron chi connectivity index (χ3n) is 3.81. The van der Waals surface area contributed by atoms with Crippen LogP contribution in [0, 0.1) is 12.3 Å². The van der Waals surface area contributed by atoms with Crippen LogP contribution in [0.15, 0.2) is 48.5 Å². The molecule has 0 aliphatic heterocycles. The minimum Gasteiger partial charge on any atom is -0.467 e. The fourth-order valence-corrected chi connectivity index (χ4v) is 3.02. The molecule has 2 rings (SSSR count). The molecule has 0 spiro atoms. The van der Waals surface area contributed by atoms with Gasteiger partial charge >= 0.3 is 5.97 Å². The van der Waals surface area contributed by atoms with Gasteiger partial charge in [-0.2, -0.15) is 0 Å². The first-order valence-electron chi connectivity index (χ1n) is 7.79. The first kappa shape index (κ1) is 19.8. The number of halogens is 2. The smallest absolute Gasteiger partial charge is 0.328 e. The molecular formula is C20H17Cl2NO3. The molecule has 134 valence electrons. The molecule has 0 aliphatic carbocycles. The van der Waals surface area contributed by atoms with Crippen LogP contribution in [0.5, 0.6) is 0 Å². The zero-order valence-corrected chi connectivity index (χ0v) is 15.6. The number of esters is 1. The summed E-state index contributed by atoms with van der Waals surface area (Å²) in [5.74, 6) is 1.41. The summed E-state index contributed by atoms with van der Waals surface area (Å²) in [6, 6.07) is 13.0. The van der Waals surface area contributed by atoms with E-state index in [4.69, 9.17) is 34.4 Å². The lowest BCUT2D eigenvalue weighted by Crippen LogP contribution is -2.47. The van der Waals surface area contributed by atoms with Crippen molar-refractivity contribution in [1.82, 2.24) is 4.90 Å². The van der Waals surface area contributed by atoms with Crippen LogP contribution in [0.4, 0.5) is 0 Å². The van der Waals surface area contributed by atoms with Crippen molar-refractivity contribution in [2.45, 2.75) is 12.5 Å². The number of rotatable bonds is 6. The summed E-state index contributed by atoms with van der Waals surface area (Å²) in [5, 5.41) is 0.594. The topological polar surface area (TPSA) is 46.6 Å². The van der Waals surface area contributed by atoms with Crippen molar-refractivity contribution in [3.8, 4) is 12.3 Å². The second-order valence-electron chi connectivity index (χ2n) is 5.49.